The molecule has 1 aliphatic heterocycles. The molecular formula is C24H25N3O2. The van der Waals surface area contributed by atoms with Crippen LogP contribution >= 0.6 is 0 Å². The van der Waals surface area contributed by atoms with Gasteiger partial charge in [-0.2, -0.15) is 0 Å². The predicted octanol–water partition coefficient (Wildman–Crippen LogP) is 3.37. The summed E-state index contributed by atoms with van der Waals surface area (Å²) in [6.07, 6.45) is 1.84. The van der Waals surface area contributed by atoms with E-state index in [0.29, 0.717) is 6.54 Å². The number of pyridine rings is 1. The molecule has 2 aromatic carbocycles. The number of hydrogen-bond donors (Lipinski definition) is 1. The molecule has 0 unspecified atom stereocenters. The quantitative estimate of drug-likeness (QED) is 0.705. The highest BCUT2D eigenvalue weighted by molar-refractivity contribution is 5.87. The Bertz CT molecular complexity index is 868. The van der Waals surface area contributed by atoms with Gasteiger partial charge >= 0.3 is 0 Å². The molecule has 5 heteroatoms. The molecule has 1 aliphatic rings. The van der Waals surface area contributed by atoms with Gasteiger partial charge in [0, 0.05) is 25.8 Å². The third-order valence-electron chi connectivity index (χ3n) is 5.14. The fourth-order valence-corrected chi connectivity index (χ4v) is 3.58. The lowest BCUT2D eigenvalue weighted by Gasteiger charge is -2.27. The minimum absolute atomic E-state index is 0.0142. The van der Waals surface area contributed by atoms with Crippen LogP contribution in [0.3, 0.4) is 0 Å². The second-order valence-corrected chi connectivity index (χ2v) is 7.10. The largest absolute Gasteiger partial charge is 0.378 e. The summed E-state index contributed by atoms with van der Waals surface area (Å²) in [5, 5.41) is 3.08. The van der Waals surface area contributed by atoms with E-state index < -0.39 is 0 Å². The minimum atomic E-state index is -0.335. The number of rotatable bonds is 6. The Balaban J connectivity index is 1.44. The van der Waals surface area contributed by atoms with Gasteiger partial charge in [0.1, 0.15) is 5.82 Å². The first-order valence-electron chi connectivity index (χ1n) is 9.96. The maximum atomic E-state index is 13.1. The Hall–Kier alpha value is -3.18. The van der Waals surface area contributed by atoms with E-state index in [1.54, 1.807) is 0 Å². The smallest absolute Gasteiger partial charge is 0.232 e. The van der Waals surface area contributed by atoms with Crippen molar-refractivity contribution in [2.45, 2.75) is 12.5 Å². The molecule has 3 aromatic rings. The molecule has 0 atom stereocenters. The van der Waals surface area contributed by atoms with Gasteiger partial charge in [-0.1, -0.05) is 66.7 Å². The summed E-state index contributed by atoms with van der Waals surface area (Å²) in [5.41, 5.74) is 2.95. The van der Waals surface area contributed by atoms with Crippen LogP contribution in [0.5, 0.6) is 0 Å². The first-order valence-corrected chi connectivity index (χ1v) is 9.96. The number of anilines is 1. The molecule has 0 spiro atoms. The maximum absolute atomic E-state index is 13.1. The lowest BCUT2D eigenvalue weighted by atomic mass is 9.90. The Morgan fingerprint density at radius 1 is 0.931 bits per heavy atom. The fourth-order valence-electron chi connectivity index (χ4n) is 3.58. The molecule has 0 bridgehead atoms. The Morgan fingerprint density at radius 3 is 2.10 bits per heavy atom. The summed E-state index contributed by atoms with van der Waals surface area (Å²) in [4.78, 5) is 19.9. The zero-order chi connectivity index (χ0) is 19.9. The molecule has 1 amide bonds. The van der Waals surface area contributed by atoms with Crippen molar-refractivity contribution >= 4 is 11.7 Å². The summed E-state index contributed by atoms with van der Waals surface area (Å²) in [7, 11) is 0. The number of amides is 1. The van der Waals surface area contributed by atoms with Gasteiger partial charge in [-0.3, -0.25) is 4.79 Å². The summed E-state index contributed by atoms with van der Waals surface area (Å²) in [6.45, 7) is 3.64. The van der Waals surface area contributed by atoms with Gasteiger partial charge in [0.15, 0.2) is 0 Å². The van der Waals surface area contributed by atoms with Gasteiger partial charge in [-0.15, -0.1) is 0 Å². The van der Waals surface area contributed by atoms with E-state index in [4.69, 9.17) is 4.74 Å². The highest BCUT2D eigenvalue weighted by Crippen LogP contribution is 2.25. The van der Waals surface area contributed by atoms with Crippen LogP contribution in [-0.4, -0.2) is 37.2 Å². The standard InChI is InChI=1S/C24H25N3O2/c28-24(23(20-7-3-1-4-8-20)21-9-5-2-6-10-21)26-18-19-11-12-22(25-17-19)27-13-15-29-16-14-27/h1-12,17,23H,13-16,18H2,(H,26,28). The van der Waals surface area contributed by atoms with Gasteiger partial charge in [-0.05, 0) is 22.8 Å². The SMILES string of the molecule is O=C(NCc1ccc(N2CCOCC2)nc1)C(c1ccccc1)c1ccccc1. The van der Waals surface area contributed by atoms with Gasteiger partial charge in [0.2, 0.25) is 5.91 Å². The molecule has 1 N–H and O–H groups in total. The van der Waals surface area contributed by atoms with Crippen LogP contribution < -0.4 is 10.2 Å². The van der Waals surface area contributed by atoms with Crippen LogP contribution in [-0.2, 0) is 16.1 Å². The van der Waals surface area contributed by atoms with Crippen LogP contribution in [0.4, 0.5) is 5.82 Å². The van der Waals surface area contributed by atoms with Crippen LogP contribution in [0.15, 0.2) is 79.0 Å². The first-order chi connectivity index (χ1) is 14.3. The van der Waals surface area contributed by atoms with Crippen LogP contribution in [0, 0.1) is 0 Å². The molecule has 1 fully saturated rings. The van der Waals surface area contributed by atoms with Gasteiger partial charge in [-0.25, -0.2) is 4.98 Å². The van der Waals surface area contributed by atoms with Gasteiger partial charge < -0.3 is 15.0 Å². The average molecular weight is 387 g/mol. The summed E-state index contributed by atoms with van der Waals surface area (Å²) in [6, 6.07) is 23.8. The molecule has 0 saturated carbocycles. The second kappa shape index (κ2) is 9.34. The van der Waals surface area contributed by atoms with Crippen molar-refractivity contribution in [2.75, 3.05) is 31.2 Å². The van der Waals surface area contributed by atoms with E-state index in [-0.39, 0.29) is 11.8 Å². The third kappa shape index (κ3) is 4.81. The lowest BCUT2D eigenvalue weighted by molar-refractivity contribution is -0.121. The Labute approximate surface area is 171 Å². The lowest BCUT2D eigenvalue weighted by Crippen LogP contribution is -2.36. The molecule has 2 heterocycles. The minimum Gasteiger partial charge on any atom is -0.378 e. The van der Waals surface area contributed by atoms with Crippen molar-refractivity contribution in [3.63, 3.8) is 0 Å². The van der Waals surface area contributed by atoms with E-state index in [1.807, 2.05) is 79.0 Å². The molecule has 0 aliphatic carbocycles. The molecule has 1 saturated heterocycles. The zero-order valence-corrected chi connectivity index (χ0v) is 16.3. The topological polar surface area (TPSA) is 54.5 Å². The second-order valence-electron chi connectivity index (χ2n) is 7.10. The Morgan fingerprint density at radius 2 is 1.55 bits per heavy atom. The number of carbonyl (C=O) groups is 1. The van der Waals surface area contributed by atoms with Crippen LogP contribution in [0.25, 0.3) is 0 Å². The molecular weight excluding hydrogens is 362 g/mol. The summed E-state index contributed by atoms with van der Waals surface area (Å²) in [5.74, 6) is 0.604. The van der Waals surface area contributed by atoms with E-state index in [1.165, 1.54) is 0 Å². The zero-order valence-electron chi connectivity index (χ0n) is 16.3. The number of benzene rings is 2. The fraction of sp³-hybridized carbons (Fsp3) is 0.250. The van der Waals surface area contributed by atoms with Crippen LogP contribution in [0.2, 0.25) is 0 Å². The van der Waals surface area contributed by atoms with Gasteiger partial charge in [0.05, 0.1) is 19.1 Å². The predicted molar refractivity (Wildman–Crippen MR) is 114 cm³/mol. The number of morpholine rings is 1. The highest BCUT2D eigenvalue weighted by Gasteiger charge is 2.22. The maximum Gasteiger partial charge on any atom is 0.232 e. The molecule has 0 radical (unpaired) electrons. The summed E-state index contributed by atoms with van der Waals surface area (Å²) >= 11 is 0. The molecule has 29 heavy (non-hydrogen) atoms. The normalized spacial score (nSPS) is 14.0. The van der Waals surface area contributed by atoms with E-state index >= 15 is 0 Å². The summed E-state index contributed by atoms with van der Waals surface area (Å²) < 4.78 is 5.39. The molecule has 1 aromatic heterocycles. The van der Waals surface area contributed by atoms with Crippen LogP contribution in [0.1, 0.15) is 22.6 Å². The van der Waals surface area contributed by atoms with E-state index in [2.05, 4.69) is 15.2 Å². The Kier molecular flexibility index (Phi) is 6.17. The van der Waals surface area contributed by atoms with Crippen molar-refractivity contribution in [3.05, 3.63) is 95.7 Å². The molecule has 5 nitrogen and oxygen atoms in total. The average Bonchev–Trinajstić information content (AvgIpc) is 2.80. The number of hydrogen-bond acceptors (Lipinski definition) is 4. The number of carbonyl (C=O) groups excluding carboxylic acids is 1. The third-order valence-corrected chi connectivity index (χ3v) is 5.14. The monoisotopic (exact) mass is 387 g/mol. The van der Waals surface area contributed by atoms with Crippen molar-refractivity contribution in [3.8, 4) is 0 Å². The van der Waals surface area contributed by atoms with Crippen molar-refractivity contribution in [2.24, 2.45) is 0 Å². The molecule has 148 valence electrons. The highest BCUT2D eigenvalue weighted by atomic mass is 16.5. The van der Waals surface area contributed by atoms with Crippen molar-refractivity contribution in [1.82, 2.24) is 10.3 Å². The van der Waals surface area contributed by atoms with Crippen molar-refractivity contribution < 1.29 is 9.53 Å². The first kappa shape index (κ1) is 19.2. The number of ether oxygens (including phenoxy) is 1. The van der Waals surface area contributed by atoms with E-state index in [0.717, 1.165) is 48.8 Å². The van der Waals surface area contributed by atoms with Gasteiger partial charge in [0.25, 0.3) is 0 Å². The number of aromatic nitrogens is 1. The van der Waals surface area contributed by atoms with Crippen molar-refractivity contribution in [1.29, 1.82) is 0 Å². The molecule has 4 rings (SSSR count). The van der Waals surface area contributed by atoms with E-state index in [9.17, 15) is 4.79 Å². The number of nitrogens with zero attached hydrogens (tertiary/aromatic N) is 2. The number of nitrogens with one attached hydrogen (secondary N) is 1.